The highest BCUT2D eigenvalue weighted by atomic mass is 35.5. The summed E-state index contributed by atoms with van der Waals surface area (Å²) in [5, 5.41) is 13.9. The number of halogens is 1. The Bertz CT molecular complexity index is 731. The summed E-state index contributed by atoms with van der Waals surface area (Å²) in [4.78, 5) is 0. The van der Waals surface area contributed by atoms with Crippen LogP contribution in [-0.2, 0) is 6.54 Å². The van der Waals surface area contributed by atoms with E-state index in [0.717, 1.165) is 16.2 Å². The molecular formula is C13H9ClN4. The molecule has 88 valence electrons. The highest BCUT2D eigenvalue weighted by Gasteiger charge is 2.08. The molecule has 18 heavy (non-hydrogen) atoms. The van der Waals surface area contributed by atoms with Crippen LogP contribution in [0, 0.1) is 11.3 Å². The maximum atomic E-state index is 9.04. The van der Waals surface area contributed by atoms with Gasteiger partial charge in [-0.15, -0.1) is 0 Å². The van der Waals surface area contributed by atoms with Gasteiger partial charge in [0.05, 0.1) is 6.20 Å². The summed E-state index contributed by atoms with van der Waals surface area (Å²) in [7, 11) is 0. The number of aromatic nitrogens is 3. The largest absolute Gasteiger partial charge is 0.326 e. The van der Waals surface area contributed by atoms with Gasteiger partial charge in [0.2, 0.25) is 0 Å². The lowest BCUT2D eigenvalue weighted by Crippen LogP contribution is -1.99. The van der Waals surface area contributed by atoms with Crippen LogP contribution in [0.1, 0.15) is 11.1 Å². The first-order valence-corrected chi connectivity index (χ1v) is 5.83. The van der Waals surface area contributed by atoms with Gasteiger partial charge in [-0.25, -0.2) is 4.52 Å². The van der Waals surface area contributed by atoms with Crippen LogP contribution in [0.15, 0.2) is 42.9 Å². The summed E-state index contributed by atoms with van der Waals surface area (Å²) in [6.45, 7) is 0.689. The molecule has 0 bridgehead atoms. The van der Waals surface area contributed by atoms with Gasteiger partial charge in [0, 0.05) is 24.0 Å². The Hall–Kier alpha value is -2.25. The van der Waals surface area contributed by atoms with Gasteiger partial charge in [0.15, 0.2) is 5.65 Å². The summed E-state index contributed by atoms with van der Waals surface area (Å²) < 4.78 is 3.70. The SMILES string of the molecule is N#Cc1cnn2ccn(Cc3ccc(Cl)cc3)c12. The Morgan fingerprint density at radius 1 is 1.22 bits per heavy atom. The minimum Gasteiger partial charge on any atom is -0.326 e. The van der Waals surface area contributed by atoms with Crippen molar-refractivity contribution in [3.05, 3.63) is 59.0 Å². The van der Waals surface area contributed by atoms with Crippen molar-refractivity contribution in [3.63, 3.8) is 0 Å². The van der Waals surface area contributed by atoms with Gasteiger partial charge in [-0.1, -0.05) is 23.7 Å². The van der Waals surface area contributed by atoms with E-state index in [-0.39, 0.29) is 0 Å². The third kappa shape index (κ3) is 1.75. The van der Waals surface area contributed by atoms with E-state index in [1.165, 1.54) is 0 Å². The number of imidazole rings is 1. The summed E-state index contributed by atoms with van der Waals surface area (Å²) in [5.74, 6) is 0. The third-order valence-corrected chi connectivity index (χ3v) is 3.07. The second-order valence-electron chi connectivity index (χ2n) is 3.99. The van der Waals surface area contributed by atoms with E-state index in [2.05, 4.69) is 11.2 Å². The zero-order valence-electron chi connectivity index (χ0n) is 9.42. The Kier molecular flexibility index (Phi) is 2.54. The third-order valence-electron chi connectivity index (χ3n) is 2.82. The average Bonchev–Trinajstić information content (AvgIpc) is 2.95. The van der Waals surface area contributed by atoms with Crippen LogP contribution in [0.2, 0.25) is 5.02 Å². The molecule has 0 saturated carbocycles. The van der Waals surface area contributed by atoms with Gasteiger partial charge < -0.3 is 4.57 Å². The number of nitriles is 1. The average molecular weight is 257 g/mol. The van der Waals surface area contributed by atoms with Gasteiger partial charge in [0.1, 0.15) is 11.6 Å². The fraction of sp³-hybridized carbons (Fsp3) is 0.0769. The van der Waals surface area contributed by atoms with Crippen molar-refractivity contribution in [2.45, 2.75) is 6.54 Å². The number of nitrogens with zero attached hydrogens (tertiary/aromatic N) is 4. The molecule has 2 aromatic heterocycles. The van der Waals surface area contributed by atoms with Gasteiger partial charge in [0.25, 0.3) is 0 Å². The predicted octanol–water partition coefficient (Wildman–Crippen LogP) is 2.71. The molecule has 0 amide bonds. The van der Waals surface area contributed by atoms with Crippen molar-refractivity contribution in [1.29, 1.82) is 5.26 Å². The quantitative estimate of drug-likeness (QED) is 0.708. The van der Waals surface area contributed by atoms with Crippen molar-refractivity contribution in [2.24, 2.45) is 0 Å². The van der Waals surface area contributed by atoms with Crippen molar-refractivity contribution in [1.82, 2.24) is 14.2 Å². The fourth-order valence-corrected chi connectivity index (χ4v) is 2.08. The molecule has 0 aliphatic rings. The maximum Gasteiger partial charge on any atom is 0.154 e. The normalized spacial score (nSPS) is 10.7. The van der Waals surface area contributed by atoms with E-state index in [1.807, 2.05) is 41.2 Å². The van der Waals surface area contributed by atoms with E-state index in [1.54, 1.807) is 10.7 Å². The Labute approximate surface area is 109 Å². The number of hydrogen-bond acceptors (Lipinski definition) is 2. The number of rotatable bonds is 2. The van der Waals surface area contributed by atoms with E-state index >= 15 is 0 Å². The molecule has 0 aliphatic carbocycles. The van der Waals surface area contributed by atoms with Crippen LogP contribution in [0.3, 0.4) is 0 Å². The molecule has 0 aliphatic heterocycles. The summed E-state index contributed by atoms with van der Waals surface area (Å²) in [6.07, 6.45) is 5.33. The maximum absolute atomic E-state index is 9.04. The molecule has 4 nitrogen and oxygen atoms in total. The van der Waals surface area contributed by atoms with E-state index < -0.39 is 0 Å². The van der Waals surface area contributed by atoms with Crippen LogP contribution in [0.25, 0.3) is 5.65 Å². The first kappa shape index (κ1) is 10.9. The van der Waals surface area contributed by atoms with Crippen LogP contribution >= 0.6 is 11.6 Å². The number of fused-ring (bicyclic) bond motifs is 1. The molecule has 1 aromatic carbocycles. The molecule has 0 atom stereocenters. The van der Waals surface area contributed by atoms with E-state index in [0.29, 0.717) is 12.1 Å². The lowest BCUT2D eigenvalue weighted by molar-refractivity contribution is 0.824. The molecular weight excluding hydrogens is 248 g/mol. The summed E-state index contributed by atoms with van der Waals surface area (Å²) in [5.41, 5.74) is 2.52. The Balaban J connectivity index is 2.02. The minimum absolute atomic E-state index is 0.578. The monoisotopic (exact) mass is 256 g/mol. The predicted molar refractivity (Wildman–Crippen MR) is 68.5 cm³/mol. The van der Waals surface area contributed by atoms with Gasteiger partial charge >= 0.3 is 0 Å². The van der Waals surface area contributed by atoms with Crippen LogP contribution in [0.5, 0.6) is 0 Å². The molecule has 0 radical (unpaired) electrons. The van der Waals surface area contributed by atoms with Crippen LogP contribution in [0.4, 0.5) is 0 Å². The Morgan fingerprint density at radius 2 is 2.00 bits per heavy atom. The van der Waals surface area contributed by atoms with Crippen molar-refractivity contribution >= 4 is 17.2 Å². The first-order valence-electron chi connectivity index (χ1n) is 5.45. The molecule has 0 saturated heterocycles. The molecule has 0 spiro atoms. The molecule has 5 heteroatoms. The smallest absolute Gasteiger partial charge is 0.154 e. The second-order valence-corrected chi connectivity index (χ2v) is 4.43. The number of hydrogen-bond donors (Lipinski definition) is 0. The van der Waals surface area contributed by atoms with Crippen molar-refractivity contribution in [2.75, 3.05) is 0 Å². The summed E-state index contributed by atoms with van der Waals surface area (Å²) in [6, 6.07) is 9.81. The molecule has 0 N–H and O–H groups in total. The fourth-order valence-electron chi connectivity index (χ4n) is 1.96. The second kappa shape index (κ2) is 4.21. The topological polar surface area (TPSA) is 46.0 Å². The van der Waals surface area contributed by atoms with Gasteiger partial charge in [-0.3, -0.25) is 0 Å². The lowest BCUT2D eigenvalue weighted by Gasteiger charge is -2.04. The van der Waals surface area contributed by atoms with E-state index in [9.17, 15) is 0 Å². The van der Waals surface area contributed by atoms with E-state index in [4.69, 9.17) is 16.9 Å². The first-order chi connectivity index (χ1) is 8.78. The molecule has 0 fully saturated rings. The lowest BCUT2D eigenvalue weighted by atomic mass is 10.2. The molecule has 3 aromatic rings. The van der Waals surface area contributed by atoms with Crippen molar-refractivity contribution in [3.8, 4) is 6.07 Å². The summed E-state index contributed by atoms with van der Waals surface area (Å²) >= 11 is 5.85. The zero-order valence-corrected chi connectivity index (χ0v) is 10.2. The zero-order chi connectivity index (χ0) is 12.5. The van der Waals surface area contributed by atoms with Gasteiger partial charge in [-0.2, -0.15) is 10.4 Å². The molecule has 2 heterocycles. The highest BCUT2D eigenvalue weighted by Crippen LogP contribution is 2.15. The Morgan fingerprint density at radius 3 is 2.72 bits per heavy atom. The van der Waals surface area contributed by atoms with Crippen LogP contribution < -0.4 is 0 Å². The van der Waals surface area contributed by atoms with Crippen molar-refractivity contribution < 1.29 is 0 Å². The van der Waals surface area contributed by atoms with Crippen LogP contribution in [-0.4, -0.2) is 14.2 Å². The molecule has 3 rings (SSSR count). The number of benzene rings is 1. The standard InChI is InChI=1S/C13H9ClN4/c14-12-3-1-10(2-4-12)9-17-5-6-18-13(17)11(7-15)8-16-18/h1-6,8H,9H2. The highest BCUT2D eigenvalue weighted by molar-refractivity contribution is 6.30. The minimum atomic E-state index is 0.578. The molecule has 0 unspecified atom stereocenters. The van der Waals surface area contributed by atoms with Gasteiger partial charge in [-0.05, 0) is 17.7 Å².